The zero-order valence-corrected chi connectivity index (χ0v) is 10.8. The Morgan fingerprint density at radius 3 is 2.35 bits per heavy atom. The van der Waals surface area contributed by atoms with Crippen molar-refractivity contribution in [2.45, 2.75) is 13.8 Å². The number of rotatable bonds is 1. The Balaban J connectivity index is 0. The summed E-state index contributed by atoms with van der Waals surface area (Å²) in [5, 5.41) is 5.14. The number of urea groups is 1. The number of nitrogens with one attached hydrogen (secondary N) is 2. The molecule has 1 aromatic carbocycles. The van der Waals surface area contributed by atoms with Crippen LogP contribution >= 0.6 is 0 Å². The average molecular weight is 257 g/mol. The van der Waals surface area contributed by atoms with E-state index < -0.39 is 0 Å². The summed E-state index contributed by atoms with van der Waals surface area (Å²) >= 11 is 0. The molecule has 0 spiro atoms. The van der Waals surface area contributed by atoms with Gasteiger partial charge in [0.05, 0.1) is 0 Å². The van der Waals surface area contributed by atoms with Gasteiger partial charge in [-0.15, -0.1) is 0 Å². The van der Waals surface area contributed by atoms with Gasteiger partial charge in [-0.3, -0.25) is 10.3 Å². The van der Waals surface area contributed by atoms with Gasteiger partial charge in [-0.2, -0.15) is 0 Å². The minimum absolute atomic E-state index is 0. The summed E-state index contributed by atoms with van der Waals surface area (Å²) in [7, 11) is 1.51. The first-order chi connectivity index (χ1) is 7.54. The highest BCUT2D eigenvalue weighted by molar-refractivity contribution is 6.02. The van der Waals surface area contributed by atoms with E-state index in [1.54, 1.807) is 0 Å². The van der Waals surface area contributed by atoms with E-state index in [0.717, 1.165) is 16.8 Å². The molecule has 0 radical (unpaired) electrons. The zero-order valence-electron chi connectivity index (χ0n) is 11.0. The summed E-state index contributed by atoms with van der Waals surface area (Å²) in [4.78, 5) is 15.1. The molecular weight excluding hydrogens is 240 g/mol. The van der Waals surface area contributed by atoms with Gasteiger partial charge in [-0.25, -0.2) is 4.79 Å². The third-order valence-electron chi connectivity index (χ3n) is 2.20. The van der Waals surface area contributed by atoms with Crippen LogP contribution in [0.1, 0.15) is 12.6 Å². The second kappa shape index (κ2) is 6.75. The molecule has 0 atom stereocenters. The Labute approximate surface area is 108 Å². The lowest BCUT2D eigenvalue weighted by molar-refractivity contribution is -0.00000687. The number of carbonyl (C=O) groups excluding carboxylic acids is 1. The van der Waals surface area contributed by atoms with E-state index in [1.807, 2.05) is 32.0 Å². The summed E-state index contributed by atoms with van der Waals surface area (Å²) in [6.07, 6.45) is 0. The average Bonchev–Trinajstić information content (AvgIpc) is 2.23. The van der Waals surface area contributed by atoms with Crippen LogP contribution in [-0.2, 0) is 0 Å². The highest BCUT2D eigenvalue weighted by Crippen LogP contribution is 2.18. The standard InChI is InChI=1S/C11H16N4O.ClH/c1-7-5-4-6-8(2)9(7)14-11(16)15-10(12)13-3;/h4-6H,1-3H3,(H4,12,13,14,15,16);1H. The molecule has 0 saturated heterocycles. The number of anilines is 1. The molecule has 0 bridgehead atoms. The van der Waals surface area contributed by atoms with Crippen LogP contribution in [0.5, 0.6) is 0 Å². The summed E-state index contributed by atoms with van der Waals surface area (Å²) in [6.45, 7) is 3.86. The molecular formula is C11H17ClN4O. The quantitative estimate of drug-likeness (QED) is 0.422. The Hall–Kier alpha value is -1.75. The summed E-state index contributed by atoms with van der Waals surface area (Å²) in [6, 6.07) is 5.41. The largest absolute Gasteiger partial charge is 1.00 e. The van der Waals surface area contributed by atoms with E-state index in [4.69, 9.17) is 5.73 Å². The summed E-state index contributed by atoms with van der Waals surface area (Å²) in [5.41, 5.74) is 8.18. The topological polar surface area (TPSA) is 79.5 Å². The number of hydrogen-bond acceptors (Lipinski definition) is 2. The van der Waals surface area contributed by atoms with Gasteiger partial charge in [-0.1, -0.05) is 18.2 Å². The SMILES string of the molecule is CN=C(N)NC(=O)Nc1c(C)cccc1C.[Cl-].[H+]. The fraction of sp³-hybridized carbons (Fsp3) is 0.273. The molecule has 2 amide bonds. The number of nitrogens with zero attached hydrogens (tertiary/aromatic N) is 1. The molecule has 94 valence electrons. The minimum atomic E-state index is -0.388. The van der Waals surface area contributed by atoms with Crippen molar-refractivity contribution in [1.82, 2.24) is 5.32 Å². The van der Waals surface area contributed by atoms with Gasteiger partial charge >= 0.3 is 7.46 Å². The van der Waals surface area contributed by atoms with E-state index in [9.17, 15) is 4.79 Å². The smallest absolute Gasteiger partial charge is 1.00 e. The maximum absolute atomic E-state index is 11.5. The molecule has 0 fully saturated rings. The van der Waals surface area contributed by atoms with Crippen LogP contribution in [0.3, 0.4) is 0 Å². The van der Waals surface area contributed by atoms with Crippen LogP contribution in [0.25, 0.3) is 0 Å². The van der Waals surface area contributed by atoms with Gasteiger partial charge < -0.3 is 23.5 Å². The second-order valence-electron chi connectivity index (χ2n) is 3.45. The molecule has 6 heteroatoms. The van der Waals surface area contributed by atoms with Crippen molar-refractivity contribution in [3.63, 3.8) is 0 Å². The molecule has 0 heterocycles. The monoisotopic (exact) mass is 256 g/mol. The van der Waals surface area contributed by atoms with E-state index in [-0.39, 0.29) is 25.8 Å². The molecule has 0 saturated carbocycles. The number of para-hydroxylation sites is 1. The summed E-state index contributed by atoms with van der Waals surface area (Å²) < 4.78 is 0. The number of nitrogens with two attached hydrogens (primary N) is 1. The predicted octanol–water partition coefficient (Wildman–Crippen LogP) is -1.51. The van der Waals surface area contributed by atoms with Crippen LogP contribution in [0, 0.1) is 13.8 Å². The van der Waals surface area contributed by atoms with Gasteiger partial charge in [0.25, 0.3) is 0 Å². The number of aryl methyl sites for hydroxylation is 2. The number of hydrogen-bond donors (Lipinski definition) is 3. The third kappa shape index (κ3) is 4.32. The molecule has 1 aromatic rings. The lowest BCUT2D eigenvalue weighted by Crippen LogP contribution is -3.00. The van der Waals surface area contributed by atoms with Crippen molar-refractivity contribution in [3.8, 4) is 0 Å². The van der Waals surface area contributed by atoms with E-state index in [1.165, 1.54) is 7.05 Å². The fourth-order valence-corrected chi connectivity index (χ4v) is 1.33. The molecule has 5 nitrogen and oxygen atoms in total. The molecule has 0 aliphatic heterocycles. The number of amides is 2. The predicted molar refractivity (Wildman–Crippen MR) is 66.7 cm³/mol. The van der Waals surface area contributed by atoms with Crippen molar-refractivity contribution in [2.24, 2.45) is 10.7 Å². The van der Waals surface area contributed by atoms with Crippen molar-refractivity contribution in [1.29, 1.82) is 0 Å². The van der Waals surface area contributed by atoms with Crippen molar-refractivity contribution >= 4 is 17.7 Å². The highest BCUT2D eigenvalue weighted by atomic mass is 35.5. The van der Waals surface area contributed by atoms with Gasteiger partial charge in [0, 0.05) is 12.7 Å². The van der Waals surface area contributed by atoms with Crippen molar-refractivity contribution in [3.05, 3.63) is 29.3 Å². The molecule has 17 heavy (non-hydrogen) atoms. The number of guanidine groups is 1. The Morgan fingerprint density at radius 2 is 1.88 bits per heavy atom. The van der Waals surface area contributed by atoms with Gasteiger partial charge in [0.15, 0.2) is 5.96 Å². The molecule has 0 aliphatic carbocycles. The van der Waals surface area contributed by atoms with Crippen LogP contribution in [0.2, 0.25) is 0 Å². The molecule has 0 aromatic heterocycles. The van der Waals surface area contributed by atoms with Gasteiger partial charge in [0.2, 0.25) is 0 Å². The van der Waals surface area contributed by atoms with E-state index >= 15 is 0 Å². The van der Waals surface area contributed by atoms with E-state index in [2.05, 4.69) is 15.6 Å². The van der Waals surface area contributed by atoms with Crippen molar-refractivity contribution < 1.29 is 18.6 Å². The van der Waals surface area contributed by atoms with Gasteiger partial charge in [0.1, 0.15) is 0 Å². The molecule has 4 N–H and O–H groups in total. The van der Waals surface area contributed by atoms with Crippen LogP contribution in [-0.4, -0.2) is 19.0 Å². The lowest BCUT2D eigenvalue weighted by atomic mass is 10.1. The second-order valence-corrected chi connectivity index (χ2v) is 3.45. The Morgan fingerprint density at radius 1 is 1.35 bits per heavy atom. The molecule has 0 aliphatic rings. The van der Waals surface area contributed by atoms with Gasteiger partial charge in [-0.05, 0) is 25.0 Å². The van der Waals surface area contributed by atoms with Crippen LogP contribution in [0.4, 0.5) is 10.5 Å². The lowest BCUT2D eigenvalue weighted by Gasteiger charge is -2.11. The number of benzene rings is 1. The first-order valence-electron chi connectivity index (χ1n) is 4.91. The molecule has 0 unspecified atom stereocenters. The minimum Gasteiger partial charge on any atom is -1.00 e. The zero-order chi connectivity index (χ0) is 12.1. The van der Waals surface area contributed by atoms with Crippen LogP contribution < -0.4 is 28.8 Å². The number of carbonyl (C=O) groups is 1. The highest BCUT2D eigenvalue weighted by Gasteiger charge is 2.07. The van der Waals surface area contributed by atoms with E-state index in [0.29, 0.717) is 0 Å². The number of halogens is 1. The van der Waals surface area contributed by atoms with Crippen molar-refractivity contribution in [2.75, 3.05) is 12.4 Å². The normalized spacial score (nSPS) is 10.4. The number of aliphatic imine (C=N–C) groups is 1. The maximum atomic E-state index is 11.5. The Bertz CT molecular complexity index is 417. The van der Waals surface area contributed by atoms with Crippen LogP contribution in [0.15, 0.2) is 23.2 Å². The maximum Gasteiger partial charge on any atom is 1.00 e. The first kappa shape index (κ1) is 15.2. The Kier molecular flexibility index (Phi) is 6.06. The third-order valence-corrected chi connectivity index (χ3v) is 2.20. The first-order valence-corrected chi connectivity index (χ1v) is 4.91. The summed E-state index contributed by atoms with van der Waals surface area (Å²) in [5.74, 6) is 0.0868. The fourth-order valence-electron chi connectivity index (χ4n) is 1.33. The molecule has 1 rings (SSSR count).